The van der Waals surface area contributed by atoms with E-state index in [0.29, 0.717) is 19.0 Å². The van der Waals surface area contributed by atoms with Crippen LogP contribution in [0.25, 0.3) is 0 Å². The molecule has 1 aromatic carbocycles. The topological polar surface area (TPSA) is 32.3 Å². The molecule has 1 N–H and O–H groups in total. The molecule has 1 aliphatic carbocycles. The van der Waals surface area contributed by atoms with E-state index in [9.17, 15) is 4.79 Å². The summed E-state index contributed by atoms with van der Waals surface area (Å²) < 4.78 is 0. The minimum Gasteiger partial charge on any atom is -0.341 e. The normalized spacial score (nSPS) is 15.6. The molecule has 1 fully saturated rings. The van der Waals surface area contributed by atoms with E-state index in [2.05, 4.69) is 17.4 Å². The smallest absolute Gasteiger partial charge is 0.223 e. The van der Waals surface area contributed by atoms with E-state index in [1.54, 1.807) is 0 Å². The fourth-order valence-electron chi connectivity index (χ4n) is 2.65. The van der Waals surface area contributed by atoms with Crippen molar-refractivity contribution in [3.63, 3.8) is 0 Å². The summed E-state index contributed by atoms with van der Waals surface area (Å²) in [6.45, 7) is 1.51. The maximum Gasteiger partial charge on any atom is 0.223 e. The van der Waals surface area contributed by atoms with Gasteiger partial charge in [0.1, 0.15) is 0 Å². The van der Waals surface area contributed by atoms with Crippen LogP contribution >= 0.6 is 0 Å². The molecule has 1 amide bonds. The molecule has 0 bridgehead atoms. The van der Waals surface area contributed by atoms with E-state index in [1.165, 1.54) is 31.2 Å². The molecule has 0 spiro atoms. The predicted octanol–water partition coefficient (Wildman–Crippen LogP) is 2.57. The van der Waals surface area contributed by atoms with Crippen molar-refractivity contribution in [1.82, 2.24) is 10.2 Å². The van der Waals surface area contributed by atoms with E-state index < -0.39 is 0 Å². The molecule has 0 aliphatic heterocycles. The van der Waals surface area contributed by atoms with E-state index >= 15 is 0 Å². The number of amides is 1. The zero-order valence-electron chi connectivity index (χ0n) is 11.8. The Morgan fingerprint density at radius 1 is 1.26 bits per heavy atom. The summed E-state index contributed by atoms with van der Waals surface area (Å²) in [7, 11) is 1.88. The number of carbonyl (C=O) groups is 1. The lowest BCUT2D eigenvalue weighted by molar-refractivity contribution is -0.130. The van der Waals surface area contributed by atoms with Crippen molar-refractivity contribution in [2.24, 2.45) is 0 Å². The van der Waals surface area contributed by atoms with Gasteiger partial charge >= 0.3 is 0 Å². The lowest BCUT2D eigenvalue weighted by atomic mass is 10.2. The van der Waals surface area contributed by atoms with Gasteiger partial charge in [-0.25, -0.2) is 0 Å². The highest BCUT2D eigenvalue weighted by Crippen LogP contribution is 2.17. The van der Waals surface area contributed by atoms with E-state index in [4.69, 9.17) is 0 Å². The highest BCUT2D eigenvalue weighted by molar-refractivity contribution is 5.76. The van der Waals surface area contributed by atoms with Gasteiger partial charge in [-0.1, -0.05) is 43.2 Å². The molecule has 19 heavy (non-hydrogen) atoms. The first kappa shape index (κ1) is 14.1. The zero-order chi connectivity index (χ0) is 13.5. The molecule has 0 unspecified atom stereocenters. The Morgan fingerprint density at radius 2 is 1.95 bits per heavy atom. The highest BCUT2D eigenvalue weighted by Gasteiger charge is 2.15. The maximum absolute atomic E-state index is 12.0. The summed E-state index contributed by atoms with van der Waals surface area (Å²) in [5.74, 6) is 0.217. The Hall–Kier alpha value is -1.35. The molecular formula is C16H24N2O. The molecule has 104 valence electrons. The third-order valence-electron chi connectivity index (χ3n) is 3.82. The minimum absolute atomic E-state index is 0.217. The van der Waals surface area contributed by atoms with Gasteiger partial charge < -0.3 is 10.2 Å². The first-order valence-corrected chi connectivity index (χ1v) is 7.27. The molecule has 0 saturated heterocycles. The van der Waals surface area contributed by atoms with Crippen LogP contribution in [0.5, 0.6) is 0 Å². The number of hydrogen-bond acceptors (Lipinski definition) is 2. The number of nitrogens with one attached hydrogen (secondary N) is 1. The van der Waals surface area contributed by atoms with Crippen LogP contribution in [0.1, 0.15) is 37.7 Å². The summed E-state index contributed by atoms with van der Waals surface area (Å²) in [5, 5.41) is 3.48. The van der Waals surface area contributed by atoms with Crippen LogP contribution in [0, 0.1) is 0 Å². The summed E-state index contributed by atoms with van der Waals surface area (Å²) in [4.78, 5) is 13.8. The van der Waals surface area contributed by atoms with Gasteiger partial charge in [0.15, 0.2) is 0 Å². The van der Waals surface area contributed by atoms with Crippen LogP contribution < -0.4 is 5.32 Å². The van der Waals surface area contributed by atoms with Crippen molar-refractivity contribution >= 4 is 5.91 Å². The van der Waals surface area contributed by atoms with Crippen LogP contribution in [0.15, 0.2) is 30.3 Å². The van der Waals surface area contributed by atoms with Gasteiger partial charge in [-0.15, -0.1) is 0 Å². The van der Waals surface area contributed by atoms with E-state index in [0.717, 1.165) is 6.54 Å². The van der Waals surface area contributed by atoms with Crippen molar-refractivity contribution < 1.29 is 4.79 Å². The number of rotatable bonds is 6. The molecule has 1 saturated carbocycles. The average Bonchev–Trinajstić information content (AvgIpc) is 2.93. The summed E-state index contributed by atoms with van der Waals surface area (Å²) in [6.07, 6.45) is 5.81. The first-order valence-electron chi connectivity index (χ1n) is 7.27. The third-order valence-corrected chi connectivity index (χ3v) is 3.82. The molecule has 0 radical (unpaired) electrons. The highest BCUT2D eigenvalue weighted by atomic mass is 16.2. The van der Waals surface area contributed by atoms with Crippen LogP contribution in [0.4, 0.5) is 0 Å². The van der Waals surface area contributed by atoms with Crippen molar-refractivity contribution in [2.75, 3.05) is 13.6 Å². The number of benzene rings is 1. The lowest BCUT2D eigenvalue weighted by Gasteiger charge is -2.18. The number of nitrogens with zero attached hydrogens (tertiary/aromatic N) is 1. The van der Waals surface area contributed by atoms with E-state index in [1.807, 2.05) is 30.1 Å². The van der Waals surface area contributed by atoms with Crippen molar-refractivity contribution in [1.29, 1.82) is 0 Å². The second-order valence-corrected chi connectivity index (χ2v) is 5.42. The first-order chi connectivity index (χ1) is 9.25. The Kier molecular flexibility index (Phi) is 5.40. The molecule has 3 nitrogen and oxygen atoms in total. The quantitative estimate of drug-likeness (QED) is 0.852. The molecule has 0 atom stereocenters. The fraction of sp³-hybridized carbons (Fsp3) is 0.562. The Bertz CT molecular complexity index is 385. The van der Waals surface area contributed by atoms with Gasteiger partial charge in [0, 0.05) is 32.6 Å². The average molecular weight is 260 g/mol. The van der Waals surface area contributed by atoms with Gasteiger partial charge in [0.05, 0.1) is 0 Å². The second-order valence-electron chi connectivity index (χ2n) is 5.42. The fourth-order valence-corrected chi connectivity index (χ4v) is 2.65. The van der Waals surface area contributed by atoms with Gasteiger partial charge in [-0.05, 0) is 18.4 Å². The minimum atomic E-state index is 0.217. The van der Waals surface area contributed by atoms with Gasteiger partial charge in [-0.2, -0.15) is 0 Å². The predicted molar refractivity (Wildman–Crippen MR) is 77.8 cm³/mol. The van der Waals surface area contributed by atoms with Crippen LogP contribution in [-0.2, 0) is 11.3 Å². The van der Waals surface area contributed by atoms with Crippen LogP contribution in [0.3, 0.4) is 0 Å². The monoisotopic (exact) mass is 260 g/mol. The number of carbonyl (C=O) groups excluding carboxylic acids is 1. The lowest BCUT2D eigenvalue weighted by Crippen LogP contribution is -2.32. The Morgan fingerprint density at radius 3 is 2.63 bits per heavy atom. The second kappa shape index (κ2) is 7.29. The molecule has 0 heterocycles. The SMILES string of the molecule is CN(Cc1ccccc1)C(=O)CCNC1CCCC1. The maximum atomic E-state index is 12.0. The third kappa shape index (κ3) is 4.67. The van der Waals surface area contributed by atoms with Gasteiger partial charge in [0.25, 0.3) is 0 Å². The summed E-state index contributed by atoms with van der Waals surface area (Å²) >= 11 is 0. The summed E-state index contributed by atoms with van der Waals surface area (Å²) in [6, 6.07) is 10.8. The molecule has 1 aliphatic rings. The zero-order valence-corrected chi connectivity index (χ0v) is 11.8. The Labute approximate surface area is 116 Å². The van der Waals surface area contributed by atoms with Crippen LogP contribution in [-0.4, -0.2) is 30.4 Å². The van der Waals surface area contributed by atoms with Gasteiger partial charge in [0.2, 0.25) is 5.91 Å². The summed E-state index contributed by atoms with van der Waals surface area (Å²) in [5.41, 5.74) is 1.18. The molecule has 2 rings (SSSR count). The van der Waals surface area contributed by atoms with Crippen molar-refractivity contribution in [3.8, 4) is 0 Å². The number of hydrogen-bond donors (Lipinski definition) is 1. The molecule has 0 aromatic heterocycles. The van der Waals surface area contributed by atoms with Crippen molar-refractivity contribution in [3.05, 3.63) is 35.9 Å². The molecule has 1 aromatic rings. The van der Waals surface area contributed by atoms with Crippen molar-refractivity contribution in [2.45, 2.75) is 44.7 Å². The largest absolute Gasteiger partial charge is 0.341 e. The standard InChI is InChI=1S/C16H24N2O/c1-18(13-14-7-3-2-4-8-14)16(19)11-12-17-15-9-5-6-10-15/h2-4,7-8,15,17H,5-6,9-13H2,1H3. The van der Waals surface area contributed by atoms with E-state index in [-0.39, 0.29) is 5.91 Å². The van der Waals surface area contributed by atoms with Crippen LogP contribution in [0.2, 0.25) is 0 Å². The molecular weight excluding hydrogens is 236 g/mol. The Balaban J connectivity index is 1.67. The van der Waals surface area contributed by atoms with Gasteiger partial charge in [-0.3, -0.25) is 4.79 Å². The molecule has 3 heteroatoms.